The maximum atomic E-state index is 13.5. The van der Waals surface area contributed by atoms with Crippen LogP contribution in [0.15, 0.2) is 23.6 Å². The van der Waals surface area contributed by atoms with Gasteiger partial charge in [0.2, 0.25) is 5.91 Å². The van der Waals surface area contributed by atoms with E-state index in [1.54, 1.807) is 30.4 Å². The molecule has 0 bridgehead atoms. The van der Waals surface area contributed by atoms with Crippen molar-refractivity contribution in [1.29, 1.82) is 0 Å². The van der Waals surface area contributed by atoms with E-state index in [4.69, 9.17) is 0 Å². The van der Waals surface area contributed by atoms with Crippen LogP contribution in [-0.2, 0) is 11.3 Å². The Kier molecular flexibility index (Phi) is 5.78. The second kappa shape index (κ2) is 8.03. The number of hydrogen-bond acceptors (Lipinski definition) is 5. The molecule has 0 radical (unpaired) electrons. The molecule has 134 valence electrons. The summed E-state index contributed by atoms with van der Waals surface area (Å²) in [7, 11) is 0. The van der Waals surface area contributed by atoms with E-state index < -0.39 is 0 Å². The third-order valence-electron chi connectivity index (χ3n) is 4.34. The molecule has 0 aliphatic carbocycles. The van der Waals surface area contributed by atoms with Crippen LogP contribution in [0.1, 0.15) is 16.3 Å². The van der Waals surface area contributed by atoms with Gasteiger partial charge in [-0.1, -0.05) is 6.07 Å². The summed E-state index contributed by atoms with van der Waals surface area (Å²) >= 11 is 1.68. The van der Waals surface area contributed by atoms with Gasteiger partial charge in [-0.15, -0.1) is 11.3 Å². The van der Waals surface area contributed by atoms with Crippen LogP contribution < -0.4 is 5.32 Å². The second-order valence-corrected chi connectivity index (χ2v) is 7.48. The predicted molar refractivity (Wildman–Crippen MR) is 98.3 cm³/mol. The highest BCUT2D eigenvalue weighted by Gasteiger charge is 2.19. The molecule has 7 heteroatoms. The fourth-order valence-corrected chi connectivity index (χ4v) is 3.49. The number of aryl methyl sites for hydroxylation is 2. The monoisotopic (exact) mass is 362 g/mol. The van der Waals surface area contributed by atoms with Gasteiger partial charge in [0, 0.05) is 43.8 Å². The van der Waals surface area contributed by atoms with Crippen molar-refractivity contribution >= 4 is 22.9 Å². The van der Waals surface area contributed by atoms with Crippen LogP contribution >= 0.6 is 11.3 Å². The number of piperazine rings is 1. The second-order valence-electron chi connectivity index (χ2n) is 6.42. The molecule has 1 amide bonds. The van der Waals surface area contributed by atoms with Crippen molar-refractivity contribution in [2.45, 2.75) is 20.4 Å². The Bertz CT molecular complexity index is 740. The van der Waals surface area contributed by atoms with Gasteiger partial charge < -0.3 is 5.32 Å². The van der Waals surface area contributed by atoms with Crippen LogP contribution in [-0.4, -0.2) is 53.4 Å². The zero-order chi connectivity index (χ0) is 17.8. The molecule has 2 heterocycles. The number of carbonyl (C=O) groups excluding carboxylic acids is 1. The number of nitrogens with one attached hydrogen (secondary N) is 1. The first-order valence-corrected chi connectivity index (χ1v) is 9.29. The normalized spacial score (nSPS) is 16.1. The lowest BCUT2D eigenvalue weighted by molar-refractivity contribution is -0.117. The van der Waals surface area contributed by atoms with E-state index in [-0.39, 0.29) is 11.7 Å². The minimum atomic E-state index is -0.302. The lowest BCUT2D eigenvalue weighted by atomic mass is 10.2. The number of benzene rings is 1. The van der Waals surface area contributed by atoms with Crippen molar-refractivity contribution in [3.63, 3.8) is 0 Å². The van der Waals surface area contributed by atoms with Gasteiger partial charge in [-0.05, 0) is 31.5 Å². The summed E-state index contributed by atoms with van der Waals surface area (Å²) in [6.07, 6.45) is 0. The zero-order valence-corrected chi connectivity index (χ0v) is 15.4. The summed E-state index contributed by atoms with van der Waals surface area (Å²) in [6.45, 7) is 8.45. The number of amides is 1. The third kappa shape index (κ3) is 5.07. The largest absolute Gasteiger partial charge is 0.325 e. The third-order valence-corrected chi connectivity index (χ3v) is 5.16. The van der Waals surface area contributed by atoms with E-state index in [1.807, 2.05) is 6.92 Å². The molecule has 0 saturated carbocycles. The van der Waals surface area contributed by atoms with Crippen molar-refractivity contribution in [1.82, 2.24) is 14.8 Å². The number of hydrogen-bond donors (Lipinski definition) is 1. The molecule has 1 fully saturated rings. The minimum Gasteiger partial charge on any atom is -0.325 e. The van der Waals surface area contributed by atoms with Gasteiger partial charge in [-0.2, -0.15) is 0 Å². The number of thiazole rings is 1. The topological polar surface area (TPSA) is 48.5 Å². The fourth-order valence-electron chi connectivity index (χ4n) is 2.89. The molecule has 1 aliphatic rings. The molecule has 3 rings (SSSR count). The van der Waals surface area contributed by atoms with Gasteiger partial charge in [0.15, 0.2) is 0 Å². The van der Waals surface area contributed by atoms with E-state index in [0.29, 0.717) is 17.8 Å². The highest BCUT2D eigenvalue weighted by atomic mass is 32.1. The van der Waals surface area contributed by atoms with Gasteiger partial charge in [-0.25, -0.2) is 9.37 Å². The van der Waals surface area contributed by atoms with Crippen molar-refractivity contribution in [3.8, 4) is 0 Å². The highest BCUT2D eigenvalue weighted by molar-refractivity contribution is 7.09. The molecule has 2 aromatic rings. The maximum absolute atomic E-state index is 13.5. The molecular formula is C18H23FN4OS. The van der Waals surface area contributed by atoms with Gasteiger partial charge in [0.05, 0.1) is 17.2 Å². The van der Waals surface area contributed by atoms with E-state index in [9.17, 15) is 9.18 Å². The number of halogens is 1. The Hall–Kier alpha value is -1.83. The number of aromatic nitrogens is 1. The number of carbonyl (C=O) groups is 1. The van der Waals surface area contributed by atoms with Gasteiger partial charge in [-0.3, -0.25) is 14.6 Å². The average Bonchev–Trinajstić information content (AvgIpc) is 2.98. The Morgan fingerprint density at radius 1 is 1.24 bits per heavy atom. The molecule has 1 saturated heterocycles. The highest BCUT2D eigenvalue weighted by Crippen LogP contribution is 2.14. The van der Waals surface area contributed by atoms with Crippen molar-refractivity contribution in [3.05, 3.63) is 45.7 Å². The zero-order valence-electron chi connectivity index (χ0n) is 14.6. The van der Waals surface area contributed by atoms with Crippen LogP contribution in [0.25, 0.3) is 0 Å². The molecule has 1 N–H and O–H groups in total. The van der Waals surface area contributed by atoms with Gasteiger partial charge in [0.1, 0.15) is 5.82 Å². The molecule has 1 aromatic heterocycles. The Morgan fingerprint density at radius 3 is 2.60 bits per heavy atom. The van der Waals surface area contributed by atoms with Crippen LogP contribution in [0.2, 0.25) is 0 Å². The molecule has 0 unspecified atom stereocenters. The van der Waals surface area contributed by atoms with Crippen molar-refractivity contribution < 1.29 is 9.18 Å². The van der Waals surface area contributed by atoms with Gasteiger partial charge in [0.25, 0.3) is 0 Å². The van der Waals surface area contributed by atoms with E-state index >= 15 is 0 Å². The van der Waals surface area contributed by atoms with Crippen LogP contribution in [0.5, 0.6) is 0 Å². The van der Waals surface area contributed by atoms with Crippen LogP contribution in [0.4, 0.5) is 10.1 Å². The Balaban J connectivity index is 1.43. The molecule has 0 spiro atoms. The van der Waals surface area contributed by atoms with E-state index in [1.165, 1.54) is 6.07 Å². The van der Waals surface area contributed by atoms with E-state index in [0.717, 1.165) is 43.4 Å². The summed E-state index contributed by atoms with van der Waals surface area (Å²) in [5.41, 5.74) is 2.20. The van der Waals surface area contributed by atoms with Crippen molar-refractivity contribution in [2.75, 3.05) is 38.0 Å². The molecule has 5 nitrogen and oxygen atoms in total. The number of rotatable bonds is 5. The van der Waals surface area contributed by atoms with Crippen molar-refractivity contribution in [2.24, 2.45) is 0 Å². The molecule has 1 aliphatic heterocycles. The first-order chi connectivity index (χ1) is 12.0. The summed E-state index contributed by atoms with van der Waals surface area (Å²) in [5.74, 6) is -0.407. The van der Waals surface area contributed by atoms with Crippen LogP contribution in [0, 0.1) is 19.7 Å². The molecule has 25 heavy (non-hydrogen) atoms. The van der Waals surface area contributed by atoms with Gasteiger partial charge >= 0.3 is 0 Å². The SMILES string of the molecule is Cc1nc(CN2CCN(CC(=O)Nc3ccc(C)c(F)c3)CC2)cs1. The summed E-state index contributed by atoms with van der Waals surface area (Å²) in [5, 5.41) is 5.97. The quantitative estimate of drug-likeness (QED) is 0.888. The molecule has 0 atom stereocenters. The fraction of sp³-hybridized carbons (Fsp3) is 0.444. The van der Waals surface area contributed by atoms with Crippen LogP contribution in [0.3, 0.4) is 0 Å². The lowest BCUT2D eigenvalue weighted by Crippen LogP contribution is -2.48. The maximum Gasteiger partial charge on any atom is 0.238 e. The lowest BCUT2D eigenvalue weighted by Gasteiger charge is -2.33. The Morgan fingerprint density at radius 2 is 1.96 bits per heavy atom. The predicted octanol–water partition coefficient (Wildman–Crippen LogP) is 2.66. The first kappa shape index (κ1) is 18.0. The Labute approximate surface area is 151 Å². The number of anilines is 1. The van der Waals surface area contributed by atoms with E-state index in [2.05, 4.69) is 25.5 Å². The summed E-state index contributed by atoms with van der Waals surface area (Å²) in [4.78, 5) is 21.1. The summed E-state index contributed by atoms with van der Waals surface area (Å²) < 4.78 is 13.5. The number of nitrogens with zero attached hydrogens (tertiary/aromatic N) is 3. The standard InChI is InChI=1S/C18H23FN4OS/c1-13-3-4-15(9-17(13)19)21-18(24)11-23-7-5-22(6-8-23)10-16-12-25-14(2)20-16/h3-4,9,12H,5-8,10-11H2,1-2H3,(H,21,24). The minimum absolute atomic E-state index is 0.105. The summed E-state index contributed by atoms with van der Waals surface area (Å²) in [6, 6.07) is 4.76. The molecular weight excluding hydrogens is 339 g/mol. The first-order valence-electron chi connectivity index (χ1n) is 8.41. The smallest absolute Gasteiger partial charge is 0.238 e. The molecule has 1 aromatic carbocycles. The average molecular weight is 362 g/mol.